The second kappa shape index (κ2) is 6.41. The number of fused-ring (bicyclic) bond motifs is 1. The number of ether oxygens (including phenoxy) is 1. The number of esters is 1. The van der Waals surface area contributed by atoms with Crippen LogP contribution in [0.4, 0.5) is 0 Å². The van der Waals surface area contributed by atoms with Crippen molar-refractivity contribution in [2.24, 2.45) is 0 Å². The van der Waals surface area contributed by atoms with Gasteiger partial charge in [-0.1, -0.05) is 6.07 Å². The van der Waals surface area contributed by atoms with Crippen LogP contribution in [0.5, 0.6) is 0 Å². The third-order valence-corrected chi connectivity index (χ3v) is 4.05. The molecule has 0 aliphatic carbocycles. The van der Waals surface area contributed by atoms with Crippen LogP contribution in [0.25, 0.3) is 5.65 Å². The summed E-state index contributed by atoms with van der Waals surface area (Å²) in [6.45, 7) is 5.31. The van der Waals surface area contributed by atoms with Crippen molar-refractivity contribution in [1.82, 2.24) is 24.4 Å². The van der Waals surface area contributed by atoms with Crippen molar-refractivity contribution in [1.29, 1.82) is 0 Å². The monoisotopic (exact) mass is 303 g/mol. The Bertz CT molecular complexity index is 661. The number of carbonyl (C=O) groups excluding carboxylic acids is 1. The van der Waals surface area contributed by atoms with Gasteiger partial charge in [-0.2, -0.15) is 5.10 Å². The predicted octanol–water partition coefficient (Wildman–Crippen LogP) is 0.306. The van der Waals surface area contributed by atoms with Crippen LogP contribution in [-0.2, 0) is 11.2 Å². The minimum absolute atomic E-state index is 0.401. The second-order valence-electron chi connectivity index (χ2n) is 5.60. The number of carbonyl (C=O) groups is 1. The molecule has 22 heavy (non-hydrogen) atoms. The number of methoxy groups -OCH3 is 1. The molecule has 1 saturated heterocycles. The van der Waals surface area contributed by atoms with Crippen LogP contribution in [0.15, 0.2) is 18.2 Å². The van der Waals surface area contributed by atoms with E-state index in [1.54, 1.807) is 16.6 Å². The largest absolute Gasteiger partial charge is 0.464 e. The van der Waals surface area contributed by atoms with Gasteiger partial charge in [0.15, 0.2) is 17.2 Å². The van der Waals surface area contributed by atoms with Gasteiger partial charge in [0.25, 0.3) is 0 Å². The summed E-state index contributed by atoms with van der Waals surface area (Å²) < 4.78 is 6.34. The molecular weight excluding hydrogens is 282 g/mol. The lowest BCUT2D eigenvalue weighted by Crippen LogP contribution is -2.45. The summed E-state index contributed by atoms with van der Waals surface area (Å²) in [5.41, 5.74) is 1.08. The van der Waals surface area contributed by atoms with Gasteiger partial charge in [-0.25, -0.2) is 14.3 Å². The molecule has 0 spiro atoms. The van der Waals surface area contributed by atoms with Gasteiger partial charge in [-0.15, -0.1) is 0 Å². The zero-order valence-corrected chi connectivity index (χ0v) is 13.0. The van der Waals surface area contributed by atoms with E-state index in [0.29, 0.717) is 11.3 Å². The molecule has 0 saturated carbocycles. The number of hydrogen-bond acceptors (Lipinski definition) is 6. The highest BCUT2D eigenvalue weighted by Crippen LogP contribution is 2.08. The van der Waals surface area contributed by atoms with Crippen LogP contribution in [0.2, 0.25) is 0 Å². The lowest BCUT2D eigenvalue weighted by atomic mass is 10.3. The third-order valence-electron chi connectivity index (χ3n) is 4.05. The number of piperazine rings is 1. The molecule has 0 amide bonds. The first-order valence-electron chi connectivity index (χ1n) is 7.51. The molecule has 3 heterocycles. The van der Waals surface area contributed by atoms with Crippen molar-refractivity contribution >= 4 is 11.6 Å². The standard InChI is InChI=1S/C15H21N5O2/c1-18-8-10-19(11-9-18)7-6-13-16-14-5-3-4-12(15(21)22-2)20(14)17-13/h3-5H,6-11H2,1-2H3. The summed E-state index contributed by atoms with van der Waals surface area (Å²) in [6, 6.07) is 5.33. The topological polar surface area (TPSA) is 63.0 Å². The number of aromatic nitrogens is 3. The Morgan fingerprint density at radius 1 is 1.27 bits per heavy atom. The summed E-state index contributed by atoms with van der Waals surface area (Å²) >= 11 is 0. The fourth-order valence-corrected chi connectivity index (χ4v) is 2.64. The second-order valence-corrected chi connectivity index (χ2v) is 5.60. The molecule has 2 aromatic heterocycles. The van der Waals surface area contributed by atoms with E-state index in [0.717, 1.165) is 45.0 Å². The Hall–Kier alpha value is -1.99. The summed E-state index contributed by atoms with van der Waals surface area (Å²) in [5.74, 6) is 0.358. The number of likely N-dealkylation sites (N-methyl/N-ethyl adjacent to an activating group) is 1. The average Bonchev–Trinajstić information content (AvgIpc) is 2.96. The zero-order chi connectivity index (χ0) is 15.5. The lowest BCUT2D eigenvalue weighted by molar-refractivity contribution is 0.0591. The fraction of sp³-hybridized carbons (Fsp3) is 0.533. The van der Waals surface area contributed by atoms with E-state index in [1.807, 2.05) is 6.07 Å². The van der Waals surface area contributed by atoms with Crippen LogP contribution >= 0.6 is 0 Å². The van der Waals surface area contributed by atoms with Gasteiger partial charge in [0.05, 0.1) is 7.11 Å². The molecule has 0 atom stereocenters. The number of hydrogen-bond donors (Lipinski definition) is 0. The molecule has 7 heteroatoms. The Balaban J connectivity index is 1.71. The smallest absolute Gasteiger partial charge is 0.356 e. The van der Waals surface area contributed by atoms with Gasteiger partial charge in [0.2, 0.25) is 0 Å². The number of pyridine rings is 1. The third kappa shape index (κ3) is 3.10. The summed E-state index contributed by atoms with van der Waals surface area (Å²) in [5, 5.41) is 4.45. The van der Waals surface area contributed by atoms with Crippen LogP contribution in [0.1, 0.15) is 16.3 Å². The van der Waals surface area contributed by atoms with Gasteiger partial charge < -0.3 is 14.5 Å². The van der Waals surface area contributed by atoms with Crippen LogP contribution in [0.3, 0.4) is 0 Å². The van der Waals surface area contributed by atoms with Gasteiger partial charge >= 0.3 is 5.97 Å². The normalized spacial score (nSPS) is 17.0. The molecule has 1 aliphatic heterocycles. The van der Waals surface area contributed by atoms with E-state index < -0.39 is 5.97 Å². The Morgan fingerprint density at radius 3 is 2.77 bits per heavy atom. The highest BCUT2D eigenvalue weighted by Gasteiger charge is 2.16. The van der Waals surface area contributed by atoms with Crippen LogP contribution in [0, 0.1) is 0 Å². The van der Waals surface area contributed by atoms with Crippen LogP contribution < -0.4 is 0 Å². The summed E-state index contributed by atoms with van der Waals surface area (Å²) in [6.07, 6.45) is 0.784. The Kier molecular flexibility index (Phi) is 4.35. The van der Waals surface area contributed by atoms with Gasteiger partial charge in [-0.3, -0.25) is 0 Å². The molecule has 1 fully saturated rings. The fourth-order valence-electron chi connectivity index (χ4n) is 2.64. The molecule has 118 valence electrons. The van der Waals surface area contributed by atoms with E-state index in [-0.39, 0.29) is 0 Å². The van der Waals surface area contributed by atoms with Crippen LogP contribution in [-0.4, -0.2) is 77.2 Å². The molecule has 3 rings (SSSR count). The van der Waals surface area contributed by atoms with E-state index in [9.17, 15) is 4.79 Å². The van der Waals surface area contributed by atoms with Crippen molar-refractivity contribution in [3.63, 3.8) is 0 Å². The van der Waals surface area contributed by atoms with Gasteiger partial charge in [-0.05, 0) is 19.2 Å². The molecule has 2 aromatic rings. The van der Waals surface area contributed by atoms with Gasteiger partial charge in [0.1, 0.15) is 0 Å². The SMILES string of the molecule is COC(=O)c1cccc2nc(CCN3CCN(C)CC3)nn12. The maximum absolute atomic E-state index is 11.7. The maximum Gasteiger partial charge on any atom is 0.356 e. The number of rotatable bonds is 4. The van der Waals surface area contributed by atoms with Gasteiger partial charge in [0, 0.05) is 39.1 Å². The minimum atomic E-state index is -0.402. The van der Waals surface area contributed by atoms with Crippen molar-refractivity contribution in [3.05, 3.63) is 29.7 Å². The Labute approximate surface area is 129 Å². The van der Waals surface area contributed by atoms with E-state index >= 15 is 0 Å². The molecule has 0 radical (unpaired) electrons. The summed E-state index contributed by atoms with van der Waals surface area (Å²) in [7, 11) is 3.52. The molecule has 0 bridgehead atoms. The minimum Gasteiger partial charge on any atom is -0.464 e. The average molecular weight is 303 g/mol. The quantitative estimate of drug-likeness (QED) is 0.757. The molecule has 1 aliphatic rings. The maximum atomic E-state index is 11.7. The molecular formula is C15H21N5O2. The van der Waals surface area contributed by atoms with E-state index in [1.165, 1.54) is 7.11 Å². The lowest BCUT2D eigenvalue weighted by Gasteiger charge is -2.31. The zero-order valence-electron chi connectivity index (χ0n) is 13.0. The molecule has 0 aromatic carbocycles. The Morgan fingerprint density at radius 2 is 2.05 bits per heavy atom. The first kappa shape index (κ1) is 14.9. The van der Waals surface area contributed by atoms with E-state index in [4.69, 9.17) is 4.74 Å². The summed E-state index contributed by atoms with van der Waals surface area (Å²) in [4.78, 5) is 21.0. The first-order valence-corrected chi connectivity index (χ1v) is 7.51. The van der Waals surface area contributed by atoms with Crippen molar-refractivity contribution in [3.8, 4) is 0 Å². The van der Waals surface area contributed by atoms with Crippen molar-refractivity contribution < 1.29 is 9.53 Å². The highest BCUT2D eigenvalue weighted by atomic mass is 16.5. The first-order chi connectivity index (χ1) is 10.7. The number of nitrogens with zero attached hydrogens (tertiary/aromatic N) is 5. The molecule has 0 unspecified atom stereocenters. The predicted molar refractivity (Wildman–Crippen MR) is 82.0 cm³/mol. The van der Waals surface area contributed by atoms with E-state index in [2.05, 4.69) is 26.9 Å². The molecule has 0 N–H and O–H groups in total. The highest BCUT2D eigenvalue weighted by molar-refractivity contribution is 5.88. The van der Waals surface area contributed by atoms with Crippen molar-refractivity contribution in [2.45, 2.75) is 6.42 Å². The van der Waals surface area contributed by atoms with Crippen molar-refractivity contribution in [2.75, 3.05) is 46.9 Å². The molecule has 7 nitrogen and oxygen atoms in total.